The lowest BCUT2D eigenvalue weighted by molar-refractivity contribution is 0.551. The molecule has 7 heteroatoms. The van der Waals surface area contributed by atoms with Crippen LogP contribution < -0.4 is 5.69 Å². The number of fused-ring (bicyclic) bond motifs is 1. The van der Waals surface area contributed by atoms with E-state index in [1.54, 1.807) is 0 Å². The summed E-state index contributed by atoms with van der Waals surface area (Å²) in [6.45, 7) is 1.46. The first kappa shape index (κ1) is 9.91. The van der Waals surface area contributed by atoms with Gasteiger partial charge in [0.2, 0.25) is 0 Å². The van der Waals surface area contributed by atoms with E-state index in [9.17, 15) is 17.1 Å². The van der Waals surface area contributed by atoms with E-state index >= 15 is 0 Å². The molecule has 0 atom stereocenters. The monoisotopic (exact) mass is 230 g/mol. The Bertz CT molecular complexity index is 683. The lowest BCUT2D eigenvalue weighted by atomic mass is 10.2. The number of H-pyrrole nitrogens is 2. The Morgan fingerprint density at radius 3 is 2.27 bits per heavy atom. The van der Waals surface area contributed by atoms with Crippen LogP contribution in [0.15, 0.2) is 21.8 Å². The van der Waals surface area contributed by atoms with Gasteiger partial charge in [-0.25, -0.2) is 4.79 Å². The van der Waals surface area contributed by atoms with Crippen molar-refractivity contribution in [1.29, 1.82) is 0 Å². The van der Waals surface area contributed by atoms with Gasteiger partial charge in [-0.15, -0.1) is 3.89 Å². The summed E-state index contributed by atoms with van der Waals surface area (Å²) in [5, 5.41) is 0. The maximum atomic E-state index is 12.8. The molecule has 2 rings (SSSR count). The van der Waals surface area contributed by atoms with Crippen molar-refractivity contribution >= 4 is 21.3 Å². The van der Waals surface area contributed by atoms with Gasteiger partial charge in [0.1, 0.15) is 4.90 Å². The van der Waals surface area contributed by atoms with Crippen molar-refractivity contribution in [2.24, 2.45) is 0 Å². The van der Waals surface area contributed by atoms with Gasteiger partial charge < -0.3 is 9.97 Å². The van der Waals surface area contributed by atoms with Crippen molar-refractivity contribution < 1.29 is 12.3 Å². The molecule has 0 spiro atoms. The van der Waals surface area contributed by atoms with E-state index in [1.165, 1.54) is 13.0 Å². The van der Waals surface area contributed by atoms with Crippen LogP contribution in [-0.2, 0) is 10.2 Å². The third-order valence-electron chi connectivity index (χ3n) is 2.07. The number of aromatic nitrogens is 2. The van der Waals surface area contributed by atoms with Crippen LogP contribution >= 0.6 is 0 Å². The Hall–Kier alpha value is -1.63. The molecule has 2 aromatic rings. The van der Waals surface area contributed by atoms with Gasteiger partial charge in [0.25, 0.3) is 0 Å². The molecule has 0 fully saturated rings. The van der Waals surface area contributed by atoms with Gasteiger partial charge in [0.15, 0.2) is 0 Å². The topological polar surface area (TPSA) is 82.8 Å². The average Bonchev–Trinajstić information content (AvgIpc) is 2.40. The Kier molecular flexibility index (Phi) is 1.93. The lowest BCUT2D eigenvalue weighted by Gasteiger charge is -2.00. The summed E-state index contributed by atoms with van der Waals surface area (Å²) in [7, 11) is -4.75. The van der Waals surface area contributed by atoms with Gasteiger partial charge in [0.05, 0.1) is 11.0 Å². The molecule has 0 aliphatic rings. The first-order valence-electron chi connectivity index (χ1n) is 4.05. The van der Waals surface area contributed by atoms with E-state index in [2.05, 4.69) is 9.97 Å². The highest BCUT2D eigenvalue weighted by Gasteiger charge is 2.16. The summed E-state index contributed by atoms with van der Waals surface area (Å²) >= 11 is 0. The molecule has 15 heavy (non-hydrogen) atoms. The van der Waals surface area contributed by atoms with Crippen LogP contribution in [0.1, 0.15) is 5.56 Å². The van der Waals surface area contributed by atoms with Crippen molar-refractivity contribution in [2.75, 3.05) is 0 Å². The van der Waals surface area contributed by atoms with Crippen LogP contribution in [0.2, 0.25) is 0 Å². The number of nitrogens with one attached hydrogen (secondary N) is 2. The molecule has 0 unspecified atom stereocenters. The first-order valence-corrected chi connectivity index (χ1v) is 5.43. The predicted octanol–water partition coefficient (Wildman–Crippen LogP) is 0.823. The van der Waals surface area contributed by atoms with E-state index in [0.717, 1.165) is 6.07 Å². The second-order valence-electron chi connectivity index (χ2n) is 3.18. The summed E-state index contributed by atoms with van der Waals surface area (Å²) in [6, 6.07) is 2.50. The third kappa shape index (κ3) is 1.65. The minimum Gasteiger partial charge on any atom is -0.306 e. The molecule has 1 aromatic carbocycles. The zero-order valence-corrected chi connectivity index (χ0v) is 8.48. The fourth-order valence-electron chi connectivity index (χ4n) is 1.43. The molecular formula is C8H7FN2O3S. The molecule has 0 saturated carbocycles. The van der Waals surface area contributed by atoms with Crippen LogP contribution in [0.3, 0.4) is 0 Å². The summed E-state index contributed by atoms with van der Waals surface area (Å²) < 4.78 is 34.3. The quantitative estimate of drug-likeness (QED) is 0.711. The normalized spacial score (nSPS) is 12.1. The van der Waals surface area contributed by atoms with E-state index in [0.29, 0.717) is 5.52 Å². The molecule has 0 amide bonds. The zero-order valence-electron chi connectivity index (χ0n) is 7.67. The molecular weight excluding hydrogens is 223 g/mol. The smallest absolute Gasteiger partial charge is 0.306 e. The summed E-state index contributed by atoms with van der Waals surface area (Å²) in [5.74, 6) is 0. The minimum atomic E-state index is -4.75. The van der Waals surface area contributed by atoms with Crippen LogP contribution in [0.4, 0.5) is 3.89 Å². The number of aryl methyl sites for hydroxylation is 1. The number of benzene rings is 1. The van der Waals surface area contributed by atoms with Crippen LogP contribution in [0, 0.1) is 6.92 Å². The highest BCUT2D eigenvalue weighted by Crippen LogP contribution is 2.21. The number of aromatic amines is 2. The van der Waals surface area contributed by atoms with Crippen LogP contribution in [-0.4, -0.2) is 18.4 Å². The highest BCUT2D eigenvalue weighted by molar-refractivity contribution is 7.86. The molecule has 1 heterocycles. The molecule has 0 saturated heterocycles. The van der Waals surface area contributed by atoms with Gasteiger partial charge in [-0.2, -0.15) is 8.42 Å². The number of imidazole rings is 1. The fraction of sp³-hybridized carbons (Fsp3) is 0.125. The van der Waals surface area contributed by atoms with Gasteiger partial charge >= 0.3 is 15.9 Å². The second-order valence-corrected chi connectivity index (χ2v) is 4.50. The fourth-order valence-corrected chi connectivity index (χ4v) is 2.14. The number of rotatable bonds is 1. The summed E-state index contributed by atoms with van der Waals surface area (Å²) in [6.07, 6.45) is 0. The standard InChI is InChI=1S/C8H7FN2O3S/c1-4-2-5-6(11-8(12)10-5)3-7(4)15(9,13)14/h2-3H,1H3,(H2,10,11,12). The van der Waals surface area contributed by atoms with Gasteiger partial charge in [-0.1, -0.05) is 0 Å². The number of halogens is 1. The van der Waals surface area contributed by atoms with Gasteiger partial charge in [-0.05, 0) is 24.6 Å². The summed E-state index contributed by atoms with van der Waals surface area (Å²) in [4.78, 5) is 15.3. The van der Waals surface area contributed by atoms with Crippen LogP contribution in [0.5, 0.6) is 0 Å². The Morgan fingerprint density at radius 2 is 1.73 bits per heavy atom. The van der Waals surface area contributed by atoms with E-state index in [1.807, 2.05) is 0 Å². The lowest BCUT2D eigenvalue weighted by Crippen LogP contribution is -1.99. The SMILES string of the molecule is Cc1cc2[nH]c(=O)[nH]c2cc1S(=O)(=O)F. The third-order valence-corrected chi connectivity index (χ3v) is 3.04. The predicted molar refractivity (Wildman–Crippen MR) is 52.0 cm³/mol. The molecule has 1 aromatic heterocycles. The minimum absolute atomic E-state index is 0.250. The van der Waals surface area contributed by atoms with Gasteiger partial charge in [-0.3, -0.25) is 0 Å². The number of hydrogen-bond donors (Lipinski definition) is 2. The Labute approximate surface area is 84.2 Å². The molecule has 0 aliphatic heterocycles. The molecule has 0 aliphatic carbocycles. The Balaban J connectivity index is 2.89. The van der Waals surface area contributed by atoms with Crippen molar-refractivity contribution in [2.45, 2.75) is 11.8 Å². The Morgan fingerprint density at radius 1 is 1.20 bits per heavy atom. The van der Waals surface area contributed by atoms with E-state index < -0.39 is 20.8 Å². The van der Waals surface area contributed by atoms with Crippen molar-refractivity contribution in [3.8, 4) is 0 Å². The maximum Gasteiger partial charge on any atom is 0.332 e. The largest absolute Gasteiger partial charge is 0.332 e. The van der Waals surface area contributed by atoms with E-state index in [-0.39, 0.29) is 11.1 Å². The molecule has 0 bridgehead atoms. The molecule has 0 radical (unpaired) electrons. The highest BCUT2D eigenvalue weighted by atomic mass is 32.3. The molecule has 2 N–H and O–H groups in total. The van der Waals surface area contributed by atoms with Crippen molar-refractivity contribution in [1.82, 2.24) is 9.97 Å². The maximum absolute atomic E-state index is 12.8. The second kappa shape index (κ2) is 2.93. The van der Waals surface area contributed by atoms with Crippen LogP contribution in [0.25, 0.3) is 11.0 Å². The molecule has 80 valence electrons. The summed E-state index contributed by atoms with van der Waals surface area (Å²) in [5.41, 5.74) is 0.504. The van der Waals surface area contributed by atoms with Gasteiger partial charge in [0, 0.05) is 0 Å². The van der Waals surface area contributed by atoms with Crippen molar-refractivity contribution in [3.63, 3.8) is 0 Å². The van der Waals surface area contributed by atoms with Crippen molar-refractivity contribution in [3.05, 3.63) is 28.2 Å². The first-order chi connectivity index (χ1) is 6.88. The van der Waals surface area contributed by atoms with E-state index in [4.69, 9.17) is 0 Å². The average molecular weight is 230 g/mol. The zero-order chi connectivity index (χ0) is 11.2. The number of hydrogen-bond acceptors (Lipinski definition) is 3. The molecule has 5 nitrogen and oxygen atoms in total.